The van der Waals surface area contributed by atoms with E-state index in [4.69, 9.17) is 9.47 Å². The molecule has 2 unspecified atom stereocenters. The minimum atomic E-state index is -0.461. The number of methoxy groups -OCH3 is 1. The van der Waals surface area contributed by atoms with Gasteiger partial charge in [-0.05, 0) is 42.8 Å². The summed E-state index contributed by atoms with van der Waals surface area (Å²) in [6, 6.07) is 14.1. The van der Waals surface area contributed by atoms with Crippen molar-refractivity contribution >= 4 is 24.0 Å². The zero-order valence-corrected chi connectivity index (χ0v) is 14.6. The van der Waals surface area contributed by atoms with Crippen LogP contribution in [0.15, 0.2) is 48.5 Å². The molecule has 1 fully saturated rings. The largest absolute Gasteiger partial charge is 0.493 e. The van der Waals surface area contributed by atoms with Crippen molar-refractivity contribution in [3.05, 3.63) is 48.5 Å². The second-order valence-electron chi connectivity index (χ2n) is 5.62. The summed E-state index contributed by atoms with van der Waals surface area (Å²) in [7, 11) is 1.59. The van der Waals surface area contributed by atoms with Crippen LogP contribution >= 0.6 is 12.4 Å². The van der Waals surface area contributed by atoms with Crippen LogP contribution in [0.2, 0.25) is 0 Å². The lowest BCUT2D eigenvalue weighted by Crippen LogP contribution is -2.35. The predicted molar refractivity (Wildman–Crippen MR) is 97.8 cm³/mol. The van der Waals surface area contributed by atoms with Gasteiger partial charge in [0.15, 0.2) is 11.5 Å². The molecule has 2 aromatic rings. The molecule has 1 aliphatic heterocycles. The van der Waals surface area contributed by atoms with Crippen LogP contribution in [0, 0.1) is 0 Å². The SMILES string of the molecule is COc1ccccc1Oc1ccc(NC(=O)C2CC(O)CN2)cc1.Cl. The minimum absolute atomic E-state index is 0. The van der Waals surface area contributed by atoms with E-state index in [9.17, 15) is 9.90 Å². The Morgan fingerprint density at radius 2 is 1.84 bits per heavy atom. The highest BCUT2D eigenvalue weighted by molar-refractivity contribution is 5.95. The van der Waals surface area contributed by atoms with Gasteiger partial charge in [0.05, 0.1) is 19.3 Å². The fourth-order valence-electron chi connectivity index (χ4n) is 2.58. The average Bonchev–Trinajstić information content (AvgIpc) is 3.04. The molecule has 25 heavy (non-hydrogen) atoms. The van der Waals surface area contributed by atoms with E-state index in [1.165, 1.54) is 0 Å². The number of aliphatic hydroxyl groups excluding tert-OH is 1. The molecule has 0 aliphatic carbocycles. The molecule has 3 rings (SSSR count). The molecule has 0 spiro atoms. The van der Waals surface area contributed by atoms with Gasteiger partial charge in [-0.1, -0.05) is 12.1 Å². The molecule has 0 radical (unpaired) electrons. The van der Waals surface area contributed by atoms with Crippen molar-refractivity contribution in [2.75, 3.05) is 19.0 Å². The summed E-state index contributed by atoms with van der Waals surface area (Å²) in [5.74, 6) is 1.78. The molecule has 7 heteroatoms. The predicted octanol–water partition coefficient (Wildman–Crippen LogP) is 2.57. The summed E-state index contributed by atoms with van der Waals surface area (Å²) in [6.45, 7) is 0.448. The number of anilines is 1. The van der Waals surface area contributed by atoms with Gasteiger partial charge in [0.1, 0.15) is 5.75 Å². The van der Waals surface area contributed by atoms with Gasteiger partial charge in [-0.2, -0.15) is 0 Å². The Balaban J connectivity index is 0.00000225. The van der Waals surface area contributed by atoms with Gasteiger partial charge in [-0.3, -0.25) is 4.79 Å². The third kappa shape index (κ3) is 4.85. The Bertz CT molecular complexity index is 708. The van der Waals surface area contributed by atoms with E-state index in [-0.39, 0.29) is 24.4 Å². The minimum Gasteiger partial charge on any atom is -0.493 e. The second-order valence-corrected chi connectivity index (χ2v) is 5.62. The van der Waals surface area contributed by atoms with Crippen LogP contribution in [0.3, 0.4) is 0 Å². The third-order valence-electron chi connectivity index (χ3n) is 3.84. The number of hydrogen-bond donors (Lipinski definition) is 3. The molecule has 2 aromatic carbocycles. The molecule has 134 valence electrons. The number of carbonyl (C=O) groups is 1. The number of para-hydroxylation sites is 2. The molecule has 3 N–H and O–H groups in total. The van der Waals surface area contributed by atoms with Crippen molar-refractivity contribution < 1.29 is 19.4 Å². The van der Waals surface area contributed by atoms with Crippen LogP contribution in [0.25, 0.3) is 0 Å². The number of β-amino-alcohol motifs (C(OH)–C–C–N with tert-alkyl or cyclic N) is 1. The fraction of sp³-hybridized carbons (Fsp3) is 0.278. The van der Waals surface area contributed by atoms with Gasteiger partial charge in [0.2, 0.25) is 5.91 Å². The standard InChI is InChI=1S/C18H20N2O4.ClH/c1-23-16-4-2-3-5-17(16)24-14-8-6-12(7-9-14)20-18(22)15-10-13(21)11-19-15;/h2-9,13,15,19,21H,10-11H2,1H3,(H,20,22);1H. The Morgan fingerprint density at radius 1 is 1.16 bits per heavy atom. The number of amides is 1. The van der Waals surface area contributed by atoms with E-state index in [0.29, 0.717) is 35.9 Å². The number of rotatable bonds is 5. The van der Waals surface area contributed by atoms with Crippen molar-refractivity contribution in [3.63, 3.8) is 0 Å². The molecule has 1 saturated heterocycles. The fourth-order valence-corrected chi connectivity index (χ4v) is 2.58. The first kappa shape index (κ1) is 19.1. The van der Waals surface area contributed by atoms with Crippen molar-refractivity contribution in [1.82, 2.24) is 5.32 Å². The number of ether oxygens (including phenoxy) is 2. The van der Waals surface area contributed by atoms with E-state index in [2.05, 4.69) is 10.6 Å². The van der Waals surface area contributed by atoms with Crippen LogP contribution in [0.1, 0.15) is 6.42 Å². The topological polar surface area (TPSA) is 79.8 Å². The van der Waals surface area contributed by atoms with Crippen molar-refractivity contribution in [2.45, 2.75) is 18.6 Å². The highest BCUT2D eigenvalue weighted by atomic mass is 35.5. The van der Waals surface area contributed by atoms with Gasteiger partial charge in [0.25, 0.3) is 0 Å². The zero-order chi connectivity index (χ0) is 16.9. The number of aliphatic hydroxyl groups is 1. The Labute approximate surface area is 152 Å². The number of halogens is 1. The van der Waals surface area contributed by atoms with Crippen LogP contribution in [-0.4, -0.2) is 36.8 Å². The third-order valence-corrected chi connectivity index (χ3v) is 3.84. The second kappa shape index (κ2) is 8.71. The van der Waals surface area contributed by atoms with Crippen LogP contribution in [0.4, 0.5) is 5.69 Å². The molecule has 0 saturated carbocycles. The first-order valence-electron chi connectivity index (χ1n) is 7.79. The molecule has 6 nitrogen and oxygen atoms in total. The summed E-state index contributed by atoms with van der Waals surface area (Å²) >= 11 is 0. The van der Waals surface area contributed by atoms with Crippen molar-refractivity contribution in [1.29, 1.82) is 0 Å². The number of hydrogen-bond acceptors (Lipinski definition) is 5. The molecule has 0 bridgehead atoms. The number of benzene rings is 2. The zero-order valence-electron chi connectivity index (χ0n) is 13.8. The molecule has 0 aromatic heterocycles. The Morgan fingerprint density at radius 3 is 2.44 bits per heavy atom. The average molecular weight is 365 g/mol. The number of nitrogens with one attached hydrogen (secondary N) is 2. The smallest absolute Gasteiger partial charge is 0.241 e. The summed E-state index contributed by atoms with van der Waals surface area (Å²) in [5.41, 5.74) is 0.676. The first-order valence-corrected chi connectivity index (χ1v) is 7.79. The first-order chi connectivity index (χ1) is 11.7. The maximum absolute atomic E-state index is 12.1. The normalized spacial score (nSPS) is 19.0. The van der Waals surface area contributed by atoms with Crippen LogP contribution in [-0.2, 0) is 4.79 Å². The highest BCUT2D eigenvalue weighted by Crippen LogP contribution is 2.31. The Kier molecular flexibility index (Phi) is 6.64. The van der Waals surface area contributed by atoms with E-state index >= 15 is 0 Å². The molecule has 1 aliphatic rings. The van der Waals surface area contributed by atoms with Gasteiger partial charge in [-0.15, -0.1) is 12.4 Å². The van der Waals surface area contributed by atoms with Gasteiger partial charge >= 0.3 is 0 Å². The van der Waals surface area contributed by atoms with Gasteiger partial charge < -0.3 is 25.2 Å². The lowest BCUT2D eigenvalue weighted by molar-refractivity contribution is -0.117. The molecule has 2 atom stereocenters. The summed E-state index contributed by atoms with van der Waals surface area (Å²) in [5, 5.41) is 15.3. The molecular weight excluding hydrogens is 344 g/mol. The summed E-state index contributed by atoms with van der Waals surface area (Å²) < 4.78 is 11.0. The highest BCUT2D eigenvalue weighted by Gasteiger charge is 2.27. The lowest BCUT2D eigenvalue weighted by atomic mass is 10.2. The van der Waals surface area contributed by atoms with Crippen molar-refractivity contribution in [2.24, 2.45) is 0 Å². The van der Waals surface area contributed by atoms with Gasteiger partial charge in [-0.25, -0.2) is 0 Å². The maximum atomic E-state index is 12.1. The molecule has 1 heterocycles. The summed E-state index contributed by atoms with van der Waals surface area (Å²) in [4.78, 5) is 12.1. The van der Waals surface area contributed by atoms with E-state index in [0.717, 1.165) is 0 Å². The monoisotopic (exact) mass is 364 g/mol. The van der Waals surface area contributed by atoms with E-state index in [1.807, 2.05) is 24.3 Å². The quantitative estimate of drug-likeness (QED) is 0.760. The number of carbonyl (C=O) groups excluding carboxylic acids is 1. The Hall–Kier alpha value is -2.28. The summed E-state index contributed by atoms with van der Waals surface area (Å²) in [6.07, 6.45) is -0.0294. The van der Waals surface area contributed by atoms with E-state index < -0.39 is 6.10 Å². The van der Waals surface area contributed by atoms with E-state index in [1.54, 1.807) is 31.4 Å². The van der Waals surface area contributed by atoms with Crippen molar-refractivity contribution in [3.8, 4) is 17.2 Å². The maximum Gasteiger partial charge on any atom is 0.241 e. The lowest BCUT2D eigenvalue weighted by Gasteiger charge is -2.12. The van der Waals surface area contributed by atoms with Gasteiger partial charge in [0, 0.05) is 12.2 Å². The van der Waals surface area contributed by atoms with Crippen LogP contribution < -0.4 is 20.1 Å². The molecule has 1 amide bonds. The van der Waals surface area contributed by atoms with Crippen LogP contribution in [0.5, 0.6) is 17.2 Å². The molecular formula is C18H21ClN2O4.